The highest BCUT2D eigenvalue weighted by Crippen LogP contribution is 2.32. The van der Waals surface area contributed by atoms with Gasteiger partial charge in [-0.25, -0.2) is 0 Å². The highest BCUT2D eigenvalue weighted by molar-refractivity contribution is 5.84. The molecule has 1 atom stereocenters. The minimum Gasteiger partial charge on any atom is -0.486 e. The van der Waals surface area contributed by atoms with Crippen LogP contribution in [0.4, 0.5) is 5.69 Å². The summed E-state index contributed by atoms with van der Waals surface area (Å²) in [6, 6.07) is 15.9. The largest absolute Gasteiger partial charge is 0.486 e. The second kappa shape index (κ2) is 8.52. The fourth-order valence-electron chi connectivity index (χ4n) is 3.69. The van der Waals surface area contributed by atoms with Crippen LogP contribution in [-0.2, 0) is 11.3 Å². The number of piperazine rings is 1. The van der Waals surface area contributed by atoms with Crippen LogP contribution in [0.1, 0.15) is 12.5 Å². The smallest absolute Gasteiger partial charge is 0.244 e. The first-order valence-electron chi connectivity index (χ1n) is 9.90. The molecule has 1 amide bonds. The summed E-state index contributed by atoms with van der Waals surface area (Å²) in [5, 5.41) is 3.30. The van der Waals surface area contributed by atoms with Crippen molar-refractivity contribution < 1.29 is 14.3 Å². The number of hydrogen-bond donors (Lipinski definition) is 1. The summed E-state index contributed by atoms with van der Waals surface area (Å²) >= 11 is 0. The molecule has 1 fully saturated rings. The summed E-state index contributed by atoms with van der Waals surface area (Å²) in [7, 11) is 0. The average Bonchev–Trinajstić information content (AvgIpc) is 2.74. The van der Waals surface area contributed by atoms with Crippen molar-refractivity contribution in [2.75, 3.05) is 44.7 Å². The van der Waals surface area contributed by atoms with Gasteiger partial charge in [-0.1, -0.05) is 30.3 Å². The molecule has 0 aliphatic carbocycles. The molecule has 2 heterocycles. The topological polar surface area (TPSA) is 54.0 Å². The van der Waals surface area contributed by atoms with Crippen molar-refractivity contribution in [2.24, 2.45) is 0 Å². The van der Waals surface area contributed by atoms with E-state index in [1.54, 1.807) is 0 Å². The van der Waals surface area contributed by atoms with E-state index in [4.69, 9.17) is 9.47 Å². The van der Waals surface area contributed by atoms with E-state index in [-0.39, 0.29) is 11.9 Å². The Morgan fingerprint density at radius 3 is 2.46 bits per heavy atom. The minimum atomic E-state index is -0.289. The van der Waals surface area contributed by atoms with Gasteiger partial charge in [-0.3, -0.25) is 9.69 Å². The van der Waals surface area contributed by atoms with E-state index in [2.05, 4.69) is 34.5 Å². The van der Waals surface area contributed by atoms with Crippen LogP contribution in [0.3, 0.4) is 0 Å². The van der Waals surface area contributed by atoms with Gasteiger partial charge in [-0.15, -0.1) is 0 Å². The molecule has 0 unspecified atom stereocenters. The number of fused-ring (bicyclic) bond motifs is 1. The number of rotatable bonds is 5. The normalized spacial score (nSPS) is 17.8. The lowest BCUT2D eigenvalue weighted by molar-refractivity contribution is -0.133. The van der Waals surface area contributed by atoms with E-state index in [0.717, 1.165) is 49.9 Å². The van der Waals surface area contributed by atoms with Crippen molar-refractivity contribution in [3.63, 3.8) is 0 Å². The third-order valence-electron chi connectivity index (χ3n) is 5.23. The van der Waals surface area contributed by atoms with Crippen molar-refractivity contribution in [2.45, 2.75) is 19.5 Å². The zero-order chi connectivity index (χ0) is 19.3. The molecule has 0 saturated carbocycles. The van der Waals surface area contributed by atoms with E-state index >= 15 is 0 Å². The van der Waals surface area contributed by atoms with Crippen LogP contribution < -0.4 is 14.8 Å². The maximum absolute atomic E-state index is 12.8. The van der Waals surface area contributed by atoms with Gasteiger partial charge in [0.2, 0.25) is 5.91 Å². The molecule has 1 N–H and O–H groups in total. The van der Waals surface area contributed by atoms with Gasteiger partial charge in [0.05, 0.1) is 0 Å². The van der Waals surface area contributed by atoms with Gasteiger partial charge in [-0.05, 0) is 24.6 Å². The molecule has 6 heteroatoms. The van der Waals surface area contributed by atoms with Gasteiger partial charge in [0.15, 0.2) is 11.5 Å². The van der Waals surface area contributed by atoms with Crippen molar-refractivity contribution in [1.29, 1.82) is 0 Å². The van der Waals surface area contributed by atoms with E-state index in [9.17, 15) is 4.79 Å². The molecule has 6 nitrogen and oxygen atoms in total. The molecule has 148 valence electrons. The van der Waals surface area contributed by atoms with Crippen LogP contribution in [0.2, 0.25) is 0 Å². The maximum atomic E-state index is 12.8. The Kier molecular flexibility index (Phi) is 5.67. The van der Waals surface area contributed by atoms with Gasteiger partial charge < -0.3 is 19.7 Å². The number of carbonyl (C=O) groups excluding carboxylic acids is 1. The Bertz CT molecular complexity index is 804. The van der Waals surface area contributed by atoms with Crippen molar-refractivity contribution in [1.82, 2.24) is 9.80 Å². The van der Waals surface area contributed by atoms with Crippen molar-refractivity contribution >= 4 is 11.6 Å². The van der Waals surface area contributed by atoms with E-state index < -0.39 is 0 Å². The summed E-state index contributed by atoms with van der Waals surface area (Å²) in [5.41, 5.74) is 2.18. The predicted octanol–water partition coefficient (Wildman–Crippen LogP) is 2.60. The number of hydrogen-bond acceptors (Lipinski definition) is 5. The number of carbonyl (C=O) groups is 1. The highest BCUT2D eigenvalue weighted by atomic mass is 16.6. The monoisotopic (exact) mass is 381 g/mol. The number of anilines is 1. The first-order chi connectivity index (χ1) is 13.7. The third kappa shape index (κ3) is 4.39. The van der Waals surface area contributed by atoms with Gasteiger partial charge in [-0.2, -0.15) is 0 Å². The zero-order valence-corrected chi connectivity index (χ0v) is 16.3. The second-order valence-electron chi connectivity index (χ2n) is 7.31. The van der Waals surface area contributed by atoms with Gasteiger partial charge >= 0.3 is 0 Å². The molecule has 2 aromatic rings. The van der Waals surface area contributed by atoms with Crippen LogP contribution in [0, 0.1) is 0 Å². The molecular formula is C22H27N3O3. The first-order valence-corrected chi connectivity index (χ1v) is 9.90. The predicted molar refractivity (Wildman–Crippen MR) is 109 cm³/mol. The van der Waals surface area contributed by atoms with Crippen LogP contribution in [0.25, 0.3) is 0 Å². The summed E-state index contributed by atoms with van der Waals surface area (Å²) in [4.78, 5) is 17.2. The SMILES string of the molecule is C[C@H](Nc1ccc2c(c1)OCCO2)C(=O)N1CCN(Cc2ccccc2)CC1. The van der Waals surface area contributed by atoms with E-state index in [0.29, 0.717) is 13.2 Å². The van der Waals surface area contributed by atoms with Crippen molar-refractivity contribution in [3.8, 4) is 11.5 Å². The van der Waals surface area contributed by atoms with Crippen LogP contribution in [0.5, 0.6) is 11.5 Å². The van der Waals surface area contributed by atoms with Gasteiger partial charge in [0.25, 0.3) is 0 Å². The molecule has 2 aliphatic rings. The van der Waals surface area contributed by atoms with Crippen LogP contribution >= 0.6 is 0 Å². The summed E-state index contributed by atoms with van der Waals surface area (Å²) < 4.78 is 11.2. The van der Waals surface area contributed by atoms with Crippen LogP contribution in [0.15, 0.2) is 48.5 Å². The van der Waals surface area contributed by atoms with Crippen LogP contribution in [-0.4, -0.2) is 61.1 Å². The zero-order valence-electron chi connectivity index (χ0n) is 16.3. The lowest BCUT2D eigenvalue weighted by Crippen LogP contribution is -2.51. The molecule has 0 aromatic heterocycles. The Hall–Kier alpha value is -2.73. The molecule has 2 aliphatic heterocycles. The molecule has 4 rings (SSSR count). The maximum Gasteiger partial charge on any atom is 0.244 e. The summed E-state index contributed by atoms with van der Waals surface area (Å²) in [6.07, 6.45) is 0. The molecule has 0 spiro atoms. The molecular weight excluding hydrogens is 354 g/mol. The molecule has 0 bridgehead atoms. The Labute approximate surface area is 166 Å². The third-order valence-corrected chi connectivity index (χ3v) is 5.23. The van der Waals surface area contributed by atoms with E-state index in [1.807, 2.05) is 36.1 Å². The number of nitrogens with zero attached hydrogens (tertiary/aromatic N) is 2. The minimum absolute atomic E-state index is 0.134. The first kappa shape index (κ1) is 18.6. The fourth-order valence-corrected chi connectivity index (χ4v) is 3.69. The fraction of sp³-hybridized carbons (Fsp3) is 0.409. The number of nitrogens with one attached hydrogen (secondary N) is 1. The standard InChI is InChI=1S/C22H27N3O3/c1-17(23-19-7-8-20-21(15-19)28-14-13-27-20)22(26)25-11-9-24(10-12-25)16-18-5-3-2-4-6-18/h2-8,15,17,23H,9-14,16H2,1H3/t17-/m0/s1. The molecule has 0 radical (unpaired) electrons. The van der Waals surface area contributed by atoms with Crippen molar-refractivity contribution in [3.05, 3.63) is 54.1 Å². The Balaban J connectivity index is 1.29. The highest BCUT2D eigenvalue weighted by Gasteiger charge is 2.25. The number of amides is 1. The average molecular weight is 381 g/mol. The Morgan fingerprint density at radius 1 is 1.00 bits per heavy atom. The molecule has 2 aromatic carbocycles. The number of benzene rings is 2. The number of ether oxygens (including phenoxy) is 2. The lowest BCUT2D eigenvalue weighted by atomic mass is 10.2. The van der Waals surface area contributed by atoms with Gasteiger partial charge in [0.1, 0.15) is 19.3 Å². The summed E-state index contributed by atoms with van der Waals surface area (Å²) in [6.45, 7) is 7.30. The quantitative estimate of drug-likeness (QED) is 0.863. The summed E-state index contributed by atoms with van der Waals surface area (Å²) in [5.74, 6) is 1.62. The lowest BCUT2D eigenvalue weighted by Gasteiger charge is -2.36. The molecule has 1 saturated heterocycles. The molecule has 28 heavy (non-hydrogen) atoms. The second-order valence-corrected chi connectivity index (χ2v) is 7.31. The van der Waals surface area contributed by atoms with E-state index in [1.165, 1.54) is 5.56 Å². The Morgan fingerprint density at radius 2 is 1.71 bits per heavy atom. The van der Waals surface area contributed by atoms with Gasteiger partial charge in [0, 0.05) is 44.5 Å².